The van der Waals surface area contributed by atoms with Gasteiger partial charge in [0.05, 0.1) is 17.1 Å². The van der Waals surface area contributed by atoms with Gasteiger partial charge in [0.2, 0.25) is 11.8 Å². The first-order valence-electron chi connectivity index (χ1n) is 12.2. The van der Waals surface area contributed by atoms with Gasteiger partial charge in [-0.1, -0.05) is 52.6 Å². The maximum atomic E-state index is 12.7. The summed E-state index contributed by atoms with van der Waals surface area (Å²) in [6, 6.07) is 10.3. The Kier molecular flexibility index (Phi) is 7.58. The van der Waals surface area contributed by atoms with E-state index >= 15 is 0 Å². The molecule has 0 bridgehead atoms. The molecule has 1 atom stereocenters. The minimum atomic E-state index is -2.55. The third kappa shape index (κ3) is 5.55. The first-order chi connectivity index (χ1) is 17.8. The molecule has 11 heteroatoms. The molecule has 2 fully saturated rings. The van der Waals surface area contributed by atoms with Gasteiger partial charge in [0.1, 0.15) is 10.7 Å². The van der Waals surface area contributed by atoms with E-state index in [0.717, 1.165) is 36.8 Å². The highest BCUT2D eigenvalue weighted by Gasteiger charge is 2.52. The zero-order valence-electron chi connectivity index (χ0n) is 20.2. The zero-order valence-corrected chi connectivity index (χ0v) is 22.6. The Bertz CT molecular complexity index is 1350. The Labute approximate surface area is 226 Å². The molecule has 2 heterocycles. The van der Waals surface area contributed by atoms with Crippen molar-refractivity contribution in [1.29, 1.82) is 0 Å². The summed E-state index contributed by atoms with van der Waals surface area (Å²) in [5, 5.41) is 7.42. The normalized spacial score (nSPS) is 18.1. The molecule has 2 aromatic carbocycles. The maximum Gasteiger partial charge on any atom is 0.229 e. The number of nitrogens with one attached hydrogen (secondary N) is 1. The smallest absolute Gasteiger partial charge is 0.229 e. The molecule has 3 aromatic rings. The van der Waals surface area contributed by atoms with Crippen LogP contribution in [0.4, 0.5) is 5.69 Å². The van der Waals surface area contributed by atoms with Crippen LogP contribution in [0.5, 0.6) is 0 Å². The number of hydrogen-bond acceptors (Lipinski definition) is 7. The number of nitrogens with zero attached hydrogens (tertiary/aromatic N) is 2. The lowest BCUT2D eigenvalue weighted by Crippen LogP contribution is -2.17. The fourth-order valence-corrected chi connectivity index (χ4v) is 6.04. The summed E-state index contributed by atoms with van der Waals surface area (Å²) < 4.78 is 33.4. The van der Waals surface area contributed by atoms with E-state index in [9.17, 15) is 13.2 Å². The van der Waals surface area contributed by atoms with Crippen LogP contribution in [-0.2, 0) is 32.1 Å². The average Bonchev–Trinajstić information content (AvgIpc) is 3.50. The fraction of sp³-hybridized carbons (Fsp3) is 0.423. The summed E-state index contributed by atoms with van der Waals surface area (Å²) in [5.41, 5.74) is 2.19. The number of carbonyl (C=O) groups excluding carboxylic acids is 1. The van der Waals surface area contributed by atoms with E-state index < -0.39 is 21.4 Å². The van der Waals surface area contributed by atoms with Gasteiger partial charge in [-0.2, -0.15) is 4.98 Å². The summed E-state index contributed by atoms with van der Waals surface area (Å²) in [6.45, 7) is 3.00. The number of carbonyl (C=O) groups is 1. The number of benzene rings is 2. The average molecular weight is 564 g/mol. The lowest BCUT2D eigenvalue weighted by Gasteiger charge is -2.18. The largest absolute Gasteiger partial charge is 0.381 e. The van der Waals surface area contributed by atoms with E-state index in [1.165, 1.54) is 0 Å². The van der Waals surface area contributed by atoms with Gasteiger partial charge in [0, 0.05) is 40.4 Å². The topological polar surface area (TPSA) is 111 Å². The molecule has 0 spiro atoms. The van der Waals surface area contributed by atoms with E-state index in [1.54, 1.807) is 43.3 Å². The van der Waals surface area contributed by atoms with Crippen molar-refractivity contribution in [1.82, 2.24) is 10.1 Å². The van der Waals surface area contributed by atoms with Crippen molar-refractivity contribution >= 4 is 45.5 Å². The molecule has 1 aliphatic heterocycles. The van der Waals surface area contributed by atoms with Crippen molar-refractivity contribution in [2.75, 3.05) is 18.5 Å². The third-order valence-electron chi connectivity index (χ3n) is 7.14. The number of thiol groups is 1. The second kappa shape index (κ2) is 10.7. The van der Waals surface area contributed by atoms with Crippen molar-refractivity contribution in [3.63, 3.8) is 0 Å². The first kappa shape index (κ1) is 26.2. The molecule has 1 saturated heterocycles. The van der Waals surface area contributed by atoms with Crippen molar-refractivity contribution < 1.29 is 22.5 Å². The standard InChI is InChI=1S/C26H27Cl2N3O5S/c1-15(37(33)34)17-4-2-16(3-5-17)12-22(32)29-19-13-20(27)23(21(28)14-19)26(8-9-26)25-30-24(36-31-25)18-6-10-35-11-7-18/h2-5,13-15,18,37H,6-12H2,1H3,(H,29,32). The SMILES string of the molecule is CC(c1ccc(CC(=O)Nc2cc(Cl)c(C3(c4noc(C5CCOCC5)n4)CC3)c(Cl)c2)cc1)[SH](=O)=O. The first-order valence-corrected chi connectivity index (χ1v) is 14.2. The highest BCUT2D eigenvalue weighted by Crippen LogP contribution is 2.57. The van der Waals surface area contributed by atoms with Crippen LogP contribution >= 0.6 is 23.2 Å². The van der Waals surface area contributed by atoms with Gasteiger partial charge in [-0.15, -0.1) is 0 Å². The van der Waals surface area contributed by atoms with E-state index in [2.05, 4.69) is 10.5 Å². The van der Waals surface area contributed by atoms with E-state index in [1.807, 2.05) is 0 Å². The second-order valence-corrected chi connectivity index (χ2v) is 11.8. The summed E-state index contributed by atoms with van der Waals surface area (Å²) in [5.74, 6) is 1.18. The number of aromatic nitrogens is 2. The van der Waals surface area contributed by atoms with Crippen molar-refractivity contribution in [3.05, 3.63) is 74.8 Å². The van der Waals surface area contributed by atoms with Gasteiger partial charge < -0.3 is 14.6 Å². The molecule has 37 heavy (non-hydrogen) atoms. The van der Waals surface area contributed by atoms with Crippen LogP contribution < -0.4 is 5.32 Å². The Balaban J connectivity index is 1.29. The van der Waals surface area contributed by atoms with Crippen molar-refractivity contribution in [2.24, 2.45) is 0 Å². The lowest BCUT2D eigenvalue weighted by atomic mass is 9.94. The lowest BCUT2D eigenvalue weighted by molar-refractivity contribution is -0.115. The predicted molar refractivity (Wildman–Crippen MR) is 141 cm³/mol. The van der Waals surface area contributed by atoms with Crippen LogP contribution in [0.2, 0.25) is 10.0 Å². The number of rotatable bonds is 8. The number of ether oxygens (including phenoxy) is 1. The van der Waals surface area contributed by atoms with Gasteiger partial charge in [-0.25, -0.2) is 8.42 Å². The van der Waals surface area contributed by atoms with Gasteiger partial charge in [0.25, 0.3) is 0 Å². The number of anilines is 1. The van der Waals surface area contributed by atoms with Crippen molar-refractivity contribution in [2.45, 2.75) is 55.6 Å². The molecule has 1 saturated carbocycles. The summed E-state index contributed by atoms with van der Waals surface area (Å²) in [4.78, 5) is 17.4. The van der Waals surface area contributed by atoms with Crippen LogP contribution in [0.15, 0.2) is 40.9 Å². The van der Waals surface area contributed by atoms with Crippen LogP contribution in [0.1, 0.15) is 72.2 Å². The van der Waals surface area contributed by atoms with E-state index in [-0.39, 0.29) is 18.2 Å². The molecule has 8 nitrogen and oxygen atoms in total. The highest BCUT2D eigenvalue weighted by atomic mass is 35.5. The van der Waals surface area contributed by atoms with Gasteiger partial charge in [0.15, 0.2) is 5.82 Å². The fourth-order valence-electron chi connectivity index (χ4n) is 4.78. The molecule has 1 unspecified atom stereocenters. The number of hydrogen-bond donors (Lipinski definition) is 2. The molecular formula is C26H27Cl2N3O5S. The molecule has 5 rings (SSSR count). The summed E-state index contributed by atoms with van der Waals surface area (Å²) in [7, 11) is -2.55. The molecule has 1 N–H and O–H groups in total. The molecule has 1 aromatic heterocycles. The minimum Gasteiger partial charge on any atom is -0.381 e. The second-order valence-electron chi connectivity index (χ2n) is 9.67. The van der Waals surface area contributed by atoms with Gasteiger partial charge in [-0.3, -0.25) is 4.79 Å². The Hall–Kier alpha value is -2.46. The van der Waals surface area contributed by atoms with Gasteiger partial charge in [-0.05, 0) is 55.9 Å². The Morgan fingerprint density at radius 1 is 1.14 bits per heavy atom. The van der Waals surface area contributed by atoms with Crippen LogP contribution in [-0.4, -0.2) is 37.7 Å². The highest BCUT2D eigenvalue weighted by molar-refractivity contribution is 7.72. The molecule has 2 aliphatic rings. The van der Waals surface area contributed by atoms with Crippen LogP contribution in [0, 0.1) is 0 Å². The zero-order chi connectivity index (χ0) is 26.2. The quantitative estimate of drug-likeness (QED) is 0.362. The third-order valence-corrected chi connectivity index (χ3v) is 8.66. The number of amides is 1. The maximum absolute atomic E-state index is 12.7. The predicted octanol–water partition coefficient (Wildman–Crippen LogP) is 5.20. The van der Waals surface area contributed by atoms with Gasteiger partial charge >= 0.3 is 0 Å². The molecule has 196 valence electrons. The monoisotopic (exact) mass is 563 g/mol. The Morgan fingerprint density at radius 2 is 1.78 bits per heavy atom. The Morgan fingerprint density at radius 3 is 2.38 bits per heavy atom. The molecule has 1 amide bonds. The summed E-state index contributed by atoms with van der Waals surface area (Å²) >= 11 is 13.4. The number of halogens is 2. The van der Waals surface area contributed by atoms with Crippen LogP contribution in [0.3, 0.4) is 0 Å². The molecule has 0 radical (unpaired) electrons. The summed E-state index contributed by atoms with van der Waals surface area (Å²) in [6.07, 6.45) is 3.45. The van der Waals surface area contributed by atoms with Crippen molar-refractivity contribution in [3.8, 4) is 0 Å². The van der Waals surface area contributed by atoms with E-state index in [4.69, 9.17) is 37.4 Å². The molecular weight excluding hydrogens is 537 g/mol. The minimum absolute atomic E-state index is 0.122. The van der Waals surface area contributed by atoms with Crippen LogP contribution in [0.25, 0.3) is 0 Å². The van der Waals surface area contributed by atoms with E-state index in [0.29, 0.717) is 46.2 Å². The molecule has 1 aliphatic carbocycles.